The van der Waals surface area contributed by atoms with E-state index in [9.17, 15) is 4.79 Å². The van der Waals surface area contributed by atoms with Crippen molar-refractivity contribution in [2.75, 3.05) is 17.6 Å². The summed E-state index contributed by atoms with van der Waals surface area (Å²) in [4.78, 5) is 12.4. The standard InChI is InChI=1S/C20H21N3O.ClH/c21-16-7-1-2-8-17(16)22-12-11-14-15-6-5-10-19(24)20(15)23-13-4-3-9-18(14)23;/h1-4,7-9,13,22H,5-6,10-12,21H2;1H. The number of nitrogen functional groups attached to an aromatic ring is 1. The van der Waals surface area contributed by atoms with Crippen LogP contribution < -0.4 is 11.1 Å². The lowest BCUT2D eigenvalue weighted by atomic mass is 9.92. The fourth-order valence-corrected chi connectivity index (χ4v) is 3.70. The molecule has 4 nitrogen and oxygen atoms in total. The molecule has 0 fully saturated rings. The lowest BCUT2D eigenvalue weighted by molar-refractivity contribution is 0.0966. The second-order valence-electron chi connectivity index (χ2n) is 6.30. The number of Topliss-reactive ketones (excluding diaryl/α,β-unsaturated/α-hetero) is 1. The van der Waals surface area contributed by atoms with Crippen LogP contribution in [-0.4, -0.2) is 16.7 Å². The molecule has 3 aromatic rings. The molecule has 4 rings (SSSR count). The first-order valence-corrected chi connectivity index (χ1v) is 8.48. The molecule has 0 radical (unpaired) electrons. The number of hydrogen-bond acceptors (Lipinski definition) is 3. The van der Waals surface area contributed by atoms with E-state index in [1.807, 2.05) is 42.6 Å². The molecular weight excluding hydrogens is 334 g/mol. The summed E-state index contributed by atoms with van der Waals surface area (Å²) in [7, 11) is 0. The zero-order valence-electron chi connectivity index (χ0n) is 14.0. The lowest BCUT2D eigenvalue weighted by Gasteiger charge is -2.13. The van der Waals surface area contributed by atoms with Gasteiger partial charge >= 0.3 is 0 Å². The number of fused-ring (bicyclic) bond motifs is 3. The molecule has 0 atom stereocenters. The Hall–Kier alpha value is -2.46. The molecule has 3 N–H and O–H groups in total. The molecule has 130 valence electrons. The largest absolute Gasteiger partial charge is 0.397 e. The van der Waals surface area contributed by atoms with E-state index < -0.39 is 0 Å². The first kappa shape index (κ1) is 17.4. The van der Waals surface area contributed by atoms with Gasteiger partial charge in [0.2, 0.25) is 0 Å². The van der Waals surface area contributed by atoms with Gasteiger partial charge in [0.15, 0.2) is 5.78 Å². The van der Waals surface area contributed by atoms with Crippen molar-refractivity contribution in [2.45, 2.75) is 25.7 Å². The van der Waals surface area contributed by atoms with Crippen molar-refractivity contribution in [1.29, 1.82) is 0 Å². The monoisotopic (exact) mass is 355 g/mol. The highest BCUT2D eigenvalue weighted by Gasteiger charge is 2.25. The highest BCUT2D eigenvalue weighted by molar-refractivity contribution is 5.99. The third-order valence-electron chi connectivity index (χ3n) is 4.81. The van der Waals surface area contributed by atoms with Crippen molar-refractivity contribution in [3.63, 3.8) is 0 Å². The van der Waals surface area contributed by atoms with Crippen LogP contribution in [0.15, 0.2) is 48.7 Å². The number of pyridine rings is 1. The fourth-order valence-electron chi connectivity index (χ4n) is 3.70. The van der Waals surface area contributed by atoms with Crippen LogP contribution in [0, 0.1) is 0 Å². The Morgan fingerprint density at radius 3 is 2.72 bits per heavy atom. The number of hydrogen-bond donors (Lipinski definition) is 2. The summed E-state index contributed by atoms with van der Waals surface area (Å²) in [6.07, 6.45) is 5.49. The van der Waals surface area contributed by atoms with E-state index in [-0.39, 0.29) is 18.2 Å². The summed E-state index contributed by atoms with van der Waals surface area (Å²) in [5, 5.41) is 3.41. The predicted molar refractivity (Wildman–Crippen MR) is 105 cm³/mol. The molecular formula is C20H22ClN3O. The van der Waals surface area contributed by atoms with Crippen LogP contribution >= 0.6 is 12.4 Å². The SMILES string of the molecule is Cl.Nc1ccccc1NCCc1c2c(n3ccccc13)C(=O)CCC2. The third kappa shape index (κ3) is 3.10. The number of aromatic nitrogens is 1. The number of carbonyl (C=O) groups excluding carboxylic acids is 1. The van der Waals surface area contributed by atoms with Gasteiger partial charge in [0.05, 0.1) is 17.1 Å². The second kappa shape index (κ2) is 7.19. The van der Waals surface area contributed by atoms with Crippen molar-refractivity contribution in [3.05, 3.63) is 65.5 Å². The zero-order valence-corrected chi connectivity index (χ0v) is 14.8. The maximum atomic E-state index is 12.4. The van der Waals surface area contributed by atoms with Gasteiger partial charge in [0.1, 0.15) is 0 Å². The third-order valence-corrected chi connectivity index (χ3v) is 4.81. The minimum absolute atomic E-state index is 0. The van der Waals surface area contributed by atoms with E-state index in [2.05, 4.69) is 15.8 Å². The molecule has 0 unspecified atom stereocenters. The summed E-state index contributed by atoms with van der Waals surface area (Å²) in [6, 6.07) is 13.9. The lowest BCUT2D eigenvalue weighted by Crippen LogP contribution is -2.13. The highest BCUT2D eigenvalue weighted by Crippen LogP contribution is 2.30. The molecule has 2 aromatic heterocycles. The van der Waals surface area contributed by atoms with Gasteiger partial charge in [-0.15, -0.1) is 12.4 Å². The smallest absolute Gasteiger partial charge is 0.179 e. The molecule has 0 saturated carbocycles. The van der Waals surface area contributed by atoms with Gasteiger partial charge in [-0.2, -0.15) is 0 Å². The van der Waals surface area contributed by atoms with Gasteiger partial charge in [0.25, 0.3) is 0 Å². The number of benzene rings is 1. The molecule has 1 aliphatic rings. The van der Waals surface area contributed by atoms with Crippen LogP contribution in [0.25, 0.3) is 5.52 Å². The summed E-state index contributed by atoms with van der Waals surface area (Å²) < 4.78 is 2.07. The molecule has 0 amide bonds. The average molecular weight is 356 g/mol. The van der Waals surface area contributed by atoms with E-state index in [1.165, 1.54) is 11.1 Å². The number of ketones is 1. The molecule has 0 bridgehead atoms. The van der Waals surface area contributed by atoms with E-state index in [4.69, 9.17) is 5.73 Å². The number of nitrogens with two attached hydrogens (primary N) is 1. The van der Waals surface area contributed by atoms with Crippen LogP contribution in [0.3, 0.4) is 0 Å². The average Bonchev–Trinajstić information content (AvgIpc) is 2.92. The van der Waals surface area contributed by atoms with Crippen LogP contribution in [0.1, 0.15) is 34.5 Å². The number of halogens is 1. The first-order valence-electron chi connectivity index (χ1n) is 8.48. The van der Waals surface area contributed by atoms with Gasteiger partial charge in [-0.1, -0.05) is 18.2 Å². The predicted octanol–water partition coefficient (Wildman–Crippen LogP) is 4.12. The number of rotatable bonds is 4. The van der Waals surface area contributed by atoms with E-state index in [1.54, 1.807) is 0 Å². The molecule has 0 spiro atoms. The number of anilines is 2. The Kier molecular flexibility index (Phi) is 5.00. The Balaban J connectivity index is 0.00000182. The van der Waals surface area contributed by atoms with Gasteiger partial charge in [-0.3, -0.25) is 4.79 Å². The number of nitrogens with one attached hydrogen (secondary N) is 1. The Bertz CT molecular complexity index is 916. The van der Waals surface area contributed by atoms with E-state index in [0.29, 0.717) is 6.42 Å². The topological polar surface area (TPSA) is 59.5 Å². The maximum absolute atomic E-state index is 12.4. The molecule has 1 aliphatic carbocycles. The van der Waals surface area contributed by atoms with Crippen LogP contribution in [0.5, 0.6) is 0 Å². The fraction of sp³-hybridized carbons (Fsp3) is 0.250. The van der Waals surface area contributed by atoms with Gasteiger partial charge in [0, 0.05) is 24.7 Å². The van der Waals surface area contributed by atoms with Crippen LogP contribution in [0.4, 0.5) is 11.4 Å². The quantitative estimate of drug-likeness (QED) is 0.692. The van der Waals surface area contributed by atoms with Crippen LogP contribution in [0.2, 0.25) is 0 Å². The highest BCUT2D eigenvalue weighted by atomic mass is 35.5. The van der Waals surface area contributed by atoms with Crippen molar-refractivity contribution < 1.29 is 4.79 Å². The Morgan fingerprint density at radius 2 is 1.88 bits per heavy atom. The number of carbonyl (C=O) groups is 1. The minimum atomic E-state index is 0. The van der Waals surface area contributed by atoms with Crippen molar-refractivity contribution >= 4 is 35.1 Å². The first-order chi connectivity index (χ1) is 11.8. The van der Waals surface area contributed by atoms with E-state index >= 15 is 0 Å². The Labute approximate surface area is 153 Å². The summed E-state index contributed by atoms with van der Waals surface area (Å²) in [6.45, 7) is 0.795. The van der Waals surface area contributed by atoms with Crippen LogP contribution in [-0.2, 0) is 12.8 Å². The summed E-state index contributed by atoms with van der Waals surface area (Å²) in [5.74, 6) is 0.268. The summed E-state index contributed by atoms with van der Waals surface area (Å²) in [5.41, 5.74) is 12.3. The number of para-hydroxylation sites is 2. The van der Waals surface area contributed by atoms with Crippen molar-refractivity contribution in [1.82, 2.24) is 4.40 Å². The van der Waals surface area contributed by atoms with Crippen molar-refractivity contribution in [2.24, 2.45) is 0 Å². The minimum Gasteiger partial charge on any atom is -0.397 e. The number of nitrogens with zero attached hydrogens (tertiary/aromatic N) is 1. The molecule has 5 heteroatoms. The second-order valence-corrected chi connectivity index (χ2v) is 6.30. The van der Waals surface area contributed by atoms with E-state index in [0.717, 1.165) is 48.4 Å². The molecule has 0 saturated heterocycles. The van der Waals surface area contributed by atoms with Gasteiger partial charge < -0.3 is 15.5 Å². The zero-order chi connectivity index (χ0) is 16.5. The molecule has 25 heavy (non-hydrogen) atoms. The Morgan fingerprint density at radius 1 is 1.08 bits per heavy atom. The maximum Gasteiger partial charge on any atom is 0.179 e. The molecule has 1 aromatic carbocycles. The van der Waals surface area contributed by atoms with Gasteiger partial charge in [-0.05, 0) is 54.7 Å². The summed E-state index contributed by atoms with van der Waals surface area (Å²) >= 11 is 0. The normalized spacial score (nSPS) is 13.4. The van der Waals surface area contributed by atoms with Gasteiger partial charge in [-0.25, -0.2) is 0 Å². The molecule has 2 heterocycles. The van der Waals surface area contributed by atoms with Crippen molar-refractivity contribution in [3.8, 4) is 0 Å². The molecule has 0 aliphatic heterocycles.